The number of nitro groups is 1. The predicted molar refractivity (Wildman–Crippen MR) is 67.1 cm³/mol. The zero-order chi connectivity index (χ0) is 14.6. The summed E-state index contributed by atoms with van der Waals surface area (Å²) in [5, 5.41) is 23.8. The molecular weight excluding hydrogens is 254 g/mol. The molecule has 0 aliphatic rings. The number of anilines is 1. The monoisotopic (exact) mass is 267 g/mol. The first-order valence-electron chi connectivity index (χ1n) is 5.36. The smallest absolute Gasteiger partial charge is 0.325 e. The number of nitrogens with one attached hydrogen (secondary N) is 2. The zero-order valence-electron chi connectivity index (χ0n) is 10.3. The Hall–Kier alpha value is -2.64. The summed E-state index contributed by atoms with van der Waals surface area (Å²) in [6.07, 6.45) is 0. The van der Waals surface area contributed by atoms with Crippen molar-refractivity contribution < 1.29 is 19.6 Å². The molecule has 8 nitrogen and oxygen atoms in total. The van der Waals surface area contributed by atoms with Gasteiger partial charge in [0.05, 0.1) is 4.92 Å². The van der Waals surface area contributed by atoms with Gasteiger partial charge in [-0.3, -0.25) is 14.9 Å². The van der Waals surface area contributed by atoms with Crippen molar-refractivity contribution in [3.8, 4) is 0 Å². The van der Waals surface area contributed by atoms with Gasteiger partial charge in [-0.05, 0) is 26.0 Å². The largest absolute Gasteiger partial charge is 0.480 e. The molecule has 0 aliphatic heterocycles. The van der Waals surface area contributed by atoms with Crippen molar-refractivity contribution in [2.75, 3.05) is 5.32 Å². The van der Waals surface area contributed by atoms with Crippen LogP contribution in [0, 0.1) is 17.0 Å². The van der Waals surface area contributed by atoms with Crippen molar-refractivity contribution in [3.05, 3.63) is 33.9 Å². The molecule has 3 N–H and O–H groups in total. The lowest BCUT2D eigenvalue weighted by Gasteiger charge is -2.11. The van der Waals surface area contributed by atoms with Crippen LogP contribution in [-0.2, 0) is 4.79 Å². The summed E-state index contributed by atoms with van der Waals surface area (Å²) in [6, 6.07) is 2.35. The Balaban J connectivity index is 2.73. The fourth-order valence-corrected chi connectivity index (χ4v) is 1.36. The first-order chi connectivity index (χ1) is 8.81. The number of amides is 2. The molecule has 0 spiro atoms. The number of hydrogen-bond donors (Lipinski definition) is 3. The van der Waals surface area contributed by atoms with E-state index in [9.17, 15) is 19.7 Å². The van der Waals surface area contributed by atoms with Crippen LogP contribution in [-0.4, -0.2) is 28.1 Å². The van der Waals surface area contributed by atoms with Gasteiger partial charge < -0.3 is 15.7 Å². The predicted octanol–water partition coefficient (Wildman–Crippen LogP) is 1.50. The summed E-state index contributed by atoms with van der Waals surface area (Å²) in [5.41, 5.74) is 0.692. The molecule has 0 bridgehead atoms. The van der Waals surface area contributed by atoms with E-state index in [2.05, 4.69) is 10.6 Å². The molecule has 102 valence electrons. The quantitative estimate of drug-likeness (QED) is 0.563. The van der Waals surface area contributed by atoms with Crippen LogP contribution in [0.2, 0.25) is 0 Å². The second-order valence-corrected chi connectivity index (χ2v) is 3.92. The summed E-state index contributed by atoms with van der Waals surface area (Å²) in [6.45, 7) is 2.87. The van der Waals surface area contributed by atoms with Gasteiger partial charge in [0, 0.05) is 17.3 Å². The summed E-state index contributed by atoms with van der Waals surface area (Å²) in [5.74, 6) is -1.16. The van der Waals surface area contributed by atoms with Crippen molar-refractivity contribution in [3.63, 3.8) is 0 Å². The number of rotatable bonds is 4. The summed E-state index contributed by atoms with van der Waals surface area (Å²) < 4.78 is 0. The molecule has 0 aromatic heterocycles. The Labute approximate surface area is 108 Å². The second-order valence-electron chi connectivity index (χ2n) is 3.92. The molecule has 8 heteroatoms. The highest BCUT2D eigenvalue weighted by Gasteiger charge is 2.15. The summed E-state index contributed by atoms with van der Waals surface area (Å²) >= 11 is 0. The van der Waals surface area contributed by atoms with E-state index in [1.54, 1.807) is 6.92 Å². The number of carboxylic acids is 1. The number of urea groups is 1. The minimum absolute atomic E-state index is 0.0511. The van der Waals surface area contributed by atoms with E-state index in [0.717, 1.165) is 0 Å². The van der Waals surface area contributed by atoms with E-state index in [1.165, 1.54) is 25.1 Å². The highest BCUT2D eigenvalue weighted by Crippen LogP contribution is 2.21. The molecule has 0 radical (unpaired) electrons. The number of aryl methyl sites for hydroxylation is 1. The Morgan fingerprint density at radius 2 is 2.05 bits per heavy atom. The molecule has 1 aromatic carbocycles. The summed E-state index contributed by atoms with van der Waals surface area (Å²) in [7, 11) is 0. The molecule has 0 fully saturated rings. The van der Waals surface area contributed by atoms with E-state index in [1.807, 2.05) is 0 Å². The number of carbonyl (C=O) groups is 2. The van der Waals surface area contributed by atoms with Crippen LogP contribution in [0.25, 0.3) is 0 Å². The normalized spacial score (nSPS) is 11.5. The number of hydrogen-bond acceptors (Lipinski definition) is 4. The minimum atomic E-state index is -1.16. The van der Waals surface area contributed by atoms with Gasteiger partial charge in [0.15, 0.2) is 0 Å². The third kappa shape index (κ3) is 3.95. The molecule has 19 heavy (non-hydrogen) atoms. The average molecular weight is 267 g/mol. The third-order valence-electron chi connectivity index (χ3n) is 2.37. The SMILES string of the molecule is Cc1cc(NC(=O)NC(C)C(=O)O)ccc1[N+](=O)[O-]. The van der Waals surface area contributed by atoms with Crippen molar-refractivity contribution in [1.29, 1.82) is 0 Å². The number of benzene rings is 1. The highest BCUT2D eigenvalue weighted by atomic mass is 16.6. The maximum Gasteiger partial charge on any atom is 0.325 e. The fraction of sp³-hybridized carbons (Fsp3) is 0.273. The van der Waals surface area contributed by atoms with Gasteiger partial charge in [0.25, 0.3) is 5.69 Å². The van der Waals surface area contributed by atoms with Gasteiger partial charge in [-0.15, -0.1) is 0 Å². The van der Waals surface area contributed by atoms with Crippen LogP contribution in [0.3, 0.4) is 0 Å². The van der Waals surface area contributed by atoms with Crippen molar-refractivity contribution in [2.45, 2.75) is 19.9 Å². The van der Waals surface area contributed by atoms with E-state index < -0.39 is 23.0 Å². The lowest BCUT2D eigenvalue weighted by molar-refractivity contribution is -0.385. The molecule has 1 unspecified atom stereocenters. The van der Waals surface area contributed by atoms with Gasteiger partial charge in [-0.2, -0.15) is 0 Å². The van der Waals surface area contributed by atoms with Crippen LogP contribution < -0.4 is 10.6 Å². The maximum absolute atomic E-state index is 11.4. The summed E-state index contributed by atoms with van der Waals surface area (Å²) in [4.78, 5) is 32.1. The van der Waals surface area contributed by atoms with Gasteiger partial charge in [0.1, 0.15) is 6.04 Å². The van der Waals surface area contributed by atoms with Crippen LogP contribution in [0.1, 0.15) is 12.5 Å². The molecule has 0 heterocycles. The molecule has 0 saturated carbocycles. The maximum atomic E-state index is 11.4. The van der Waals surface area contributed by atoms with Crippen molar-refractivity contribution in [1.82, 2.24) is 5.32 Å². The van der Waals surface area contributed by atoms with Crippen molar-refractivity contribution >= 4 is 23.4 Å². The van der Waals surface area contributed by atoms with E-state index in [4.69, 9.17) is 5.11 Å². The molecule has 2 amide bonds. The number of aliphatic carboxylic acids is 1. The molecule has 1 aromatic rings. The van der Waals surface area contributed by atoms with Gasteiger partial charge >= 0.3 is 12.0 Å². The minimum Gasteiger partial charge on any atom is -0.480 e. The third-order valence-corrected chi connectivity index (χ3v) is 2.37. The standard InChI is InChI=1S/C11H13N3O5/c1-6-5-8(3-4-9(6)14(18)19)13-11(17)12-7(2)10(15)16/h3-5,7H,1-2H3,(H,15,16)(H2,12,13,17). The topological polar surface area (TPSA) is 122 Å². The Kier molecular flexibility index (Phi) is 4.41. The molecule has 0 saturated heterocycles. The lowest BCUT2D eigenvalue weighted by atomic mass is 10.2. The van der Waals surface area contributed by atoms with Gasteiger partial charge in [-0.25, -0.2) is 4.79 Å². The first kappa shape index (κ1) is 14.4. The Bertz CT molecular complexity index is 529. The van der Waals surface area contributed by atoms with Gasteiger partial charge in [-0.1, -0.05) is 0 Å². The molecule has 0 aliphatic carbocycles. The first-order valence-corrected chi connectivity index (χ1v) is 5.36. The van der Waals surface area contributed by atoms with Crippen LogP contribution in [0.5, 0.6) is 0 Å². The molecule has 1 atom stereocenters. The zero-order valence-corrected chi connectivity index (χ0v) is 10.3. The molecule has 1 rings (SSSR count). The Morgan fingerprint density at radius 1 is 1.42 bits per heavy atom. The lowest BCUT2D eigenvalue weighted by Crippen LogP contribution is -2.40. The molecular formula is C11H13N3O5. The van der Waals surface area contributed by atoms with Crippen molar-refractivity contribution in [2.24, 2.45) is 0 Å². The fourth-order valence-electron chi connectivity index (χ4n) is 1.36. The van der Waals surface area contributed by atoms with Crippen LogP contribution in [0.15, 0.2) is 18.2 Å². The average Bonchev–Trinajstić information content (AvgIpc) is 2.27. The van der Waals surface area contributed by atoms with Gasteiger partial charge in [0.2, 0.25) is 0 Å². The number of nitrogens with zero attached hydrogens (tertiary/aromatic N) is 1. The number of nitro benzene ring substituents is 1. The highest BCUT2D eigenvalue weighted by molar-refractivity contribution is 5.92. The number of carbonyl (C=O) groups excluding carboxylic acids is 1. The van der Waals surface area contributed by atoms with E-state index in [-0.39, 0.29) is 5.69 Å². The second kappa shape index (κ2) is 5.80. The van der Waals surface area contributed by atoms with E-state index >= 15 is 0 Å². The van der Waals surface area contributed by atoms with Crippen LogP contribution in [0.4, 0.5) is 16.2 Å². The number of carboxylic acid groups (broad SMARTS) is 1. The van der Waals surface area contributed by atoms with Crippen LogP contribution >= 0.6 is 0 Å². The Morgan fingerprint density at radius 3 is 2.53 bits per heavy atom. The van der Waals surface area contributed by atoms with E-state index in [0.29, 0.717) is 11.3 Å².